The van der Waals surface area contributed by atoms with Gasteiger partial charge in [-0.3, -0.25) is 8.51 Å². The van der Waals surface area contributed by atoms with Crippen LogP contribution in [0.1, 0.15) is 11.1 Å². The smallest absolute Gasteiger partial charge is 0.327 e. The number of fused-ring (bicyclic) bond motifs is 1. The number of anilines is 1. The van der Waals surface area contributed by atoms with Crippen molar-refractivity contribution in [2.24, 2.45) is 0 Å². The molecule has 3 aromatic rings. The number of benzene rings is 2. The van der Waals surface area contributed by atoms with E-state index in [1.807, 2.05) is 31.2 Å². The average Bonchev–Trinajstić information content (AvgIpc) is 2.99. The van der Waals surface area contributed by atoms with Crippen LogP contribution in [0, 0.1) is 6.92 Å². The number of aromatic amines is 1. The van der Waals surface area contributed by atoms with E-state index in [2.05, 4.69) is 4.98 Å². The fourth-order valence-corrected chi connectivity index (χ4v) is 3.51. The molecule has 3 rings (SSSR count). The number of rotatable bonds is 6. The Labute approximate surface area is 147 Å². The van der Waals surface area contributed by atoms with Crippen molar-refractivity contribution in [1.29, 1.82) is 0 Å². The third-order valence-corrected chi connectivity index (χ3v) is 4.89. The molecule has 7 heteroatoms. The molecule has 1 heterocycles. The summed E-state index contributed by atoms with van der Waals surface area (Å²) >= 11 is -2.71. The first-order valence-electron chi connectivity index (χ1n) is 7.70. The van der Waals surface area contributed by atoms with Crippen molar-refractivity contribution in [1.82, 2.24) is 4.98 Å². The molecule has 0 saturated heterocycles. The predicted octanol–water partition coefficient (Wildman–Crippen LogP) is 2.77. The molecule has 0 aliphatic carbocycles. The molecule has 6 nitrogen and oxygen atoms in total. The highest BCUT2D eigenvalue weighted by Crippen LogP contribution is 2.25. The van der Waals surface area contributed by atoms with E-state index in [1.54, 1.807) is 30.5 Å². The van der Waals surface area contributed by atoms with Crippen LogP contribution in [0.4, 0.5) is 5.69 Å². The van der Waals surface area contributed by atoms with Crippen LogP contribution < -0.4 is 4.31 Å². The first-order valence-corrected chi connectivity index (χ1v) is 8.73. The molecular formula is C18H17N2O4S-. The molecule has 25 heavy (non-hydrogen) atoms. The summed E-state index contributed by atoms with van der Waals surface area (Å²) in [6.07, 6.45) is 1.78. The highest BCUT2D eigenvalue weighted by Gasteiger charge is 2.28. The lowest BCUT2D eigenvalue weighted by molar-refractivity contribution is -0.138. The summed E-state index contributed by atoms with van der Waals surface area (Å²) < 4.78 is 24.5. The largest absolute Gasteiger partial charge is 0.755 e. The number of H-pyrrole nitrogens is 1. The van der Waals surface area contributed by atoms with Crippen molar-refractivity contribution in [2.75, 3.05) is 4.31 Å². The monoisotopic (exact) mass is 357 g/mol. The molecule has 0 aliphatic heterocycles. The molecule has 130 valence electrons. The van der Waals surface area contributed by atoms with Gasteiger partial charge in [-0.2, -0.15) is 0 Å². The van der Waals surface area contributed by atoms with Gasteiger partial charge in [0.1, 0.15) is 6.04 Å². The lowest BCUT2D eigenvalue weighted by Gasteiger charge is -2.32. The Morgan fingerprint density at radius 3 is 2.56 bits per heavy atom. The van der Waals surface area contributed by atoms with Crippen LogP contribution in [-0.4, -0.2) is 30.9 Å². The fourth-order valence-electron chi connectivity index (χ4n) is 2.84. The third kappa shape index (κ3) is 3.57. The normalized spacial score (nSPS) is 13.5. The molecule has 0 saturated carbocycles. The van der Waals surface area contributed by atoms with E-state index in [9.17, 15) is 18.7 Å². The van der Waals surface area contributed by atoms with Crippen molar-refractivity contribution in [3.63, 3.8) is 0 Å². The second-order valence-electron chi connectivity index (χ2n) is 5.80. The number of carbonyl (C=O) groups is 1. The van der Waals surface area contributed by atoms with Gasteiger partial charge in [0.05, 0.1) is 0 Å². The van der Waals surface area contributed by atoms with Crippen molar-refractivity contribution < 1.29 is 18.7 Å². The third-order valence-electron chi connectivity index (χ3n) is 4.11. The molecule has 0 radical (unpaired) electrons. The summed E-state index contributed by atoms with van der Waals surface area (Å²) in [5.41, 5.74) is 2.92. The lowest BCUT2D eigenvalue weighted by Crippen LogP contribution is -2.44. The number of nitrogens with one attached hydrogen (secondary N) is 1. The fraction of sp³-hybridized carbons (Fsp3) is 0.167. The van der Waals surface area contributed by atoms with Crippen LogP contribution in [0.25, 0.3) is 10.9 Å². The predicted molar refractivity (Wildman–Crippen MR) is 96.0 cm³/mol. The lowest BCUT2D eigenvalue weighted by atomic mass is 10.0. The summed E-state index contributed by atoms with van der Waals surface area (Å²) in [6.45, 7) is 1.88. The number of aromatic nitrogens is 1. The topological polar surface area (TPSA) is 96.5 Å². The maximum atomic E-state index is 11.8. The number of hydrogen-bond acceptors (Lipinski definition) is 3. The SMILES string of the molecule is Cc1ccc(N(C(Cc2c[nH]c3ccccc23)C(=O)O)S(=O)[O-])cc1. The van der Waals surface area contributed by atoms with Crippen molar-refractivity contribution in [3.05, 3.63) is 65.9 Å². The van der Waals surface area contributed by atoms with Crippen molar-refractivity contribution >= 4 is 33.8 Å². The molecule has 0 bridgehead atoms. The van der Waals surface area contributed by atoms with Gasteiger partial charge in [0.2, 0.25) is 0 Å². The van der Waals surface area contributed by atoms with Crippen molar-refractivity contribution in [3.8, 4) is 0 Å². The summed E-state index contributed by atoms with van der Waals surface area (Å²) in [4.78, 5) is 14.9. The van der Waals surface area contributed by atoms with Gasteiger partial charge < -0.3 is 14.6 Å². The molecule has 2 unspecified atom stereocenters. The van der Waals surface area contributed by atoms with Crippen LogP contribution >= 0.6 is 0 Å². The molecule has 2 atom stereocenters. The van der Waals surface area contributed by atoms with Gasteiger partial charge in [0.25, 0.3) is 0 Å². The van der Waals surface area contributed by atoms with Gasteiger partial charge in [0, 0.05) is 40.5 Å². The molecule has 0 fully saturated rings. The Kier molecular flexibility index (Phi) is 4.87. The van der Waals surface area contributed by atoms with Crippen LogP contribution in [-0.2, 0) is 22.5 Å². The van der Waals surface area contributed by atoms with E-state index >= 15 is 0 Å². The average molecular weight is 357 g/mol. The van der Waals surface area contributed by atoms with Gasteiger partial charge in [0.15, 0.2) is 0 Å². The minimum absolute atomic E-state index is 0.0567. The van der Waals surface area contributed by atoms with E-state index in [0.29, 0.717) is 5.69 Å². The summed E-state index contributed by atoms with van der Waals surface area (Å²) in [6, 6.07) is 13.0. The van der Waals surface area contributed by atoms with Gasteiger partial charge in [-0.25, -0.2) is 4.79 Å². The summed E-state index contributed by atoms with van der Waals surface area (Å²) in [7, 11) is 0. The number of para-hydroxylation sites is 1. The standard InChI is InChI=1S/C18H18N2O4S/c1-12-6-8-14(9-7-12)20(25(23)24)17(18(21)22)10-13-11-19-16-5-3-2-4-15(13)16/h2-9,11,17,19H,10H2,1H3,(H,21,22)(H,23,24)/p-1. The minimum Gasteiger partial charge on any atom is -0.755 e. The van der Waals surface area contributed by atoms with Gasteiger partial charge in [-0.15, -0.1) is 0 Å². The highest BCUT2D eigenvalue weighted by molar-refractivity contribution is 7.80. The Morgan fingerprint density at radius 2 is 1.92 bits per heavy atom. The number of aliphatic carboxylic acids is 1. The first kappa shape index (κ1) is 17.2. The van der Waals surface area contributed by atoms with Crippen LogP contribution in [0.3, 0.4) is 0 Å². The van der Waals surface area contributed by atoms with Gasteiger partial charge >= 0.3 is 5.97 Å². The summed E-state index contributed by atoms with van der Waals surface area (Å²) in [5, 5.41) is 10.5. The minimum atomic E-state index is -2.71. The van der Waals surface area contributed by atoms with E-state index in [0.717, 1.165) is 26.3 Å². The van der Waals surface area contributed by atoms with E-state index in [4.69, 9.17) is 0 Å². The van der Waals surface area contributed by atoms with E-state index in [1.165, 1.54) is 0 Å². The molecule has 2 N–H and O–H groups in total. The first-order chi connectivity index (χ1) is 12.0. The Bertz CT molecular complexity index is 920. The van der Waals surface area contributed by atoms with Gasteiger partial charge in [-0.1, -0.05) is 35.9 Å². The quantitative estimate of drug-likeness (QED) is 0.663. The number of aryl methyl sites for hydroxylation is 1. The van der Waals surface area contributed by atoms with Crippen LogP contribution in [0.5, 0.6) is 0 Å². The molecule has 0 spiro atoms. The number of hydrogen-bond donors (Lipinski definition) is 2. The second-order valence-corrected chi connectivity index (χ2v) is 6.62. The zero-order valence-corrected chi connectivity index (χ0v) is 14.3. The molecule has 1 aromatic heterocycles. The van der Waals surface area contributed by atoms with Gasteiger partial charge in [-0.05, 0) is 30.7 Å². The zero-order chi connectivity index (χ0) is 18.0. The van der Waals surface area contributed by atoms with Crippen molar-refractivity contribution in [2.45, 2.75) is 19.4 Å². The number of nitrogens with zero attached hydrogens (tertiary/aromatic N) is 1. The molecular weight excluding hydrogens is 340 g/mol. The zero-order valence-electron chi connectivity index (χ0n) is 13.5. The highest BCUT2D eigenvalue weighted by atomic mass is 32.2. The van der Waals surface area contributed by atoms with E-state index < -0.39 is 23.3 Å². The Hall–Kier alpha value is -2.64. The number of carboxylic acid groups (broad SMARTS) is 1. The summed E-state index contributed by atoms with van der Waals surface area (Å²) in [5.74, 6) is -1.20. The molecule has 0 aliphatic rings. The maximum absolute atomic E-state index is 11.8. The van der Waals surface area contributed by atoms with Crippen LogP contribution in [0.15, 0.2) is 54.7 Å². The Morgan fingerprint density at radius 1 is 1.24 bits per heavy atom. The maximum Gasteiger partial charge on any atom is 0.327 e. The van der Waals surface area contributed by atoms with E-state index in [-0.39, 0.29) is 6.42 Å². The Balaban J connectivity index is 1.99. The molecule has 2 aromatic carbocycles. The second kappa shape index (κ2) is 7.08. The van der Waals surface area contributed by atoms with Crippen LogP contribution in [0.2, 0.25) is 0 Å². The molecule has 0 amide bonds. The number of carboxylic acids is 1.